The third-order valence-electron chi connectivity index (χ3n) is 3.53. The highest BCUT2D eigenvalue weighted by Crippen LogP contribution is 2.22. The van der Waals surface area contributed by atoms with Crippen molar-refractivity contribution in [1.29, 1.82) is 0 Å². The molecule has 112 valence electrons. The van der Waals surface area contributed by atoms with E-state index in [9.17, 15) is 9.50 Å². The molecule has 2 N–H and O–H groups in total. The van der Waals surface area contributed by atoms with Crippen LogP contribution < -0.4 is 5.32 Å². The van der Waals surface area contributed by atoms with Gasteiger partial charge in [0.2, 0.25) is 0 Å². The van der Waals surface area contributed by atoms with E-state index in [1.54, 1.807) is 12.1 Å². The molecule has 0 heterocycles. The molecular weight excluding hydrogens is 265 g/mol. The van der Waals surface area contributed by atoms with Gasteiger partial charge in [0.1, 0.15) is 11.6 Å². The lowest BCUT2D eigenvalue weighted by atomic mass is 9.91. The molecule has 0 bridgehead atoms. The smallest absolute Gasteiger partial charge is 0.123 e. The van der Waals surface area contributed by atoms with Gasteiger partial charge in [-0.2, -0.15) is 0 Å². The molecule has 0 fully saturated rings. The van der Waals surface area contributed by atoms with E-state index in [-0.39, 0.29) is 17.5 Å². The largest absolute Gasteiger partial charge is 0.508 e. The number of phenolic OH excluding ortho intramolecular Hbond substituents is 1. The number of hydrogen-bond acceptors (Lipinski definition) is 2. The number of nitrogens with one attached hydrogen (secondary N) is 1. The van der Waals surface area contributed by atoms with Crippen molar-refractivity contribution in [2.24, 2.45) is 0 Å². The van der Waals surface area contributed by atoms with Crippen molar-refractivity contribution in [3.8, 4) is 5.75 Å². The summed E-state index contributed by atoms with van der Waals surface area (Å²) in [6.45, 7) is 5.06. The SMILES string of the molecule is CC(C)NCC(Cc1ccc(O)cc1)c1ccc(F)cc1. The van der Waals surface area contributed by atoms with E-state index in [0.29, 0.717) is 6.04 Å². The molecule has 0 amide bonds. The second-order valence-electron chi connectivity index (χ2n) is 5.68. The number of aromatic hydroxyl groups is 1. The average Bonchev–Trinajstić information content (AvgIpc) is 2.46. The normalized spacial score (nSPS) is 12.6. The first-order valence-electron chi connectivity index (χ1n) is 7.31. The number of halogens is 1. The van der Waals surface area contributed by atoms with Crippen LogP contribution in [0.15, 0.2) is 48.5 Å². The third kappa shape index (κ3) is 4.87. The van der Waals surface area contributed by atoms with Gasteiger partial charge >= 0.3 is 0 Å². The fourth-order valence-electron chi connectivity index (χ4n) is 2.34. The van der Waals surface area contributed by atoms with Crippen molar-refractivity contribution < 1.29 is 9.50 Å². The second kappa shape index (κ2) is 7.23. The maximum Gasteiger partial charge on any atom is 0.123 e. The lowest BCUT2D eigenvalue weighted by Crippen LogP contribution is -2.29. The van der Waals surface area contributed by atoms with Crippen molar-refractivity contribution in [2.45, 2.75) is 32.2 Å². The number of rotatable bonds is 6. The standard InChI is InChI=1S/C18H22FNO/c1-13(2)20-12-16(15-5-7-17(19)8-6-15)11-14-3-9-18(21)10-4-14/h3-10,13,16,20-21H,11-12H2,1-2H3. The molecule has 1 atom stereocenters. The van der Waals surface area contributed by atoms with Crippen LogP contribution in [0.1, 0.15) is 30.9 Å². The molecule has 2 aromatic carbocycles. The Morgan fingerprint density at radius 3 is 2.19 bits per heavy atom. The van der Waals surface area contributed by atoms with Crippen LogP contribution in [0, 0.1) is 5.82 Å². The summed E-state index contributed by atoms with van der Waals surface area (Å²) in [4.78, 5) is 0. The summed E-state index contributed by atoms with van der Waals surface area (Å²) < 4.78 is 13.1. The second-order valence-corrected chi connectivity index (χ2v) is 5.68. The third-order valence-corrected chi connectivity index (χ3v) is 3.53. The molecule has 1 unspecified atom stereocenters. The molecule has 0 aliphatic heterocycles. The highest BCUT2D eigenvalue weighted by Gasteiger charge is 2.13. The highest BCUT2D eigenvalue weighted by atomic mass is 19.1. The molecule has 21 heavy (non-hydrogen) atoms. The van der Waals surface area contributed by atoms with Gasteiger partial charge in [0.15, 0.2) is 0 Å². The first-order chi connectivity index (χ1) is 10.0. The van der Waals surface area contributed by atoms with Crippen molar-refractivity contribution in [1.82, 2.24) is 5.32 Å². The summed E-state index contributed by atoms with van der Waals surface area (Å²) in [7, 11) is 0. The van der Waals surface area contributed by atoms with Crippen LogP contribution in [-0.4, -0.2) is 17.7 Å². The van der Waals surface area contributed by atoms with E-state index < -0.39 is 0 Å². The minimum atomic E-state index is -0.209. The van der Waals surface area contributed by atoms with Gasteiger partial charge < -0.3 is 10.4 Å². The Kier molecular flexibility index (Phi) is 5.34. The zero-order valence-electron chi connectivity index (χ0n) is 12.5. The summed E-state index contributed by atoms with van der Waals surface area (Å²) >= 11 is 0. The number of phenols is 1. The van der Waals surface area contributed by atoms with E-state index >= 15 is 0 Å². The van der Waals surface area contributed by atoms with Crippen LogP contribution in [0.4, 0.5) is 4.39 Å². The van der Waals surface area contributed by atoms with Gasteiger partial charge in [-0.1, -0.05) is 38.1 Å². The molecule has 2 rings (SSSR count). The number of hydrogen-bond donors (Lipinski definition) is 2. The van der Waals surface area contributed by atoms with Gasteiger partial charge in [-0.15, -0.1) is 0 Å². The van der Waals surface area contributed by atoms with Gasteiger partial charge in [0, 0.05) is 18.5 Å². The van der Waals surface area contributed by atoms with Crippen LogP contribution in [0.3, 0.4) is 0 Å². The van der Waals surface area contributed by atoms with Gasteiger partial charge in [-0.25, -0.2) is 4.39 Å². The summed E-state index contributed by atoms with van der Waals surface area (Å²) in [5.41, 5.74) is 2.28. The molecule has 3 heteroatoms. The van der Waals surface area contributed by atoms with Crippen LogP contribution in [0.25, 0.3) is 0 Å². The summed E-state index contributed by atoms with van der Waals surface area (Å²) in [6.07, 6.45) is 0.853. The van der Waals surface area contributed by atoms with Crippen molar-refractivity contribution in [3.05, 3.63) is 65.5 Å². The molecule has 0 aliphatic rings. The Morgan fingerprint density at radius 1 is 1.00 bits per heavy atom. The van der Waals surface area contributed by atoms with Crippen LogP contribution in [0.5, 0.6) is 5.75 Å². The zero-order valence-corrected chi connectivity index (χ0v) is 12.5. The van der Waals surface area contributed by atoms with Crippen LogP contribution in [-0.2, 0) is 6.42 Å². The zero-order chi connectivity index (χ0) is 15.2. The Balaban J connectivity index is 2.14. The Labute approximate surface area is 125 Å². The fraction of sp³-hybridized carbons (Fsp3) is 0.333. The van der Waals surface area contributed by atoms with Gasteiger partial charge in [0.25, 0.3) is 0 Å². The topological polar surface area (TPSA) is 32.3 Å². The summed E-state index contributed by atoms with van der Waals surface area (Å²) in [5.74, 6) is 0.342. The van der Waals surface area contributed by atoms with Gasteiger partial charge in [-0.3, -0.25) is 0 Å². The Bertz CT molecular complexity index is 548. The lowest BCUT2D eigenvalue weighted by molar-refractivity contribution is 0.474. The minimum Gasteiger partial charge on any atom is -0.508 e. The van der Waals surface area contributed by atoms with Crippen molar-refractivity contribution in [2.75, 3.05) is 6.54 Å². The fourth-order valence-corrected chi connectivity index (χ4v) is 2.34. The van der Waals surface area contributed by atoms with E-state index in [1.807, 2.05) is 24.3 Å². The molecule has 0 radical (unpaired) electrons. The van der Waals surface area contributed by atoms with Crippen LogP contribution >= 0.6 is 0 Å². The van der Waals surface area contributed by atoms with E-state index in [4.69, 9.17) is 0 Å². The summed E-state index contributed by atoms with van der Waals surface area (Å²) in [6, 6.07) is 14.4. The first-order valence-corrected chi connectivity index (χ1v) is 7.31. The minimum absolute atomic E-state index is 0.209. The average molecular weight is 287 g/mol. The molecule has 0 spiro atoms. The molecular formula is C18H22FNO. The van der Waals surface area contributed by atoms with Crippen molar-refractivity contribution >= 4 is 0 Å². The summed E-state index contributed by atoms with van der Waals surface area (Å²) in [5, 5.41) is 12.8. The predicted molar refractivity (Wildman–Crippen MR) is 84.1 cm³/mol. The molecule has 2 nitrogen and oxygen atoms in total. The maximum atomic E-state index is 13.1. The quantitative estimate of drug-likeness (QED) is 0.845. The van der Waals surface area contributed by atoms with Gasteiger partial charge in [0.05, 0.1) is 0 Å². The van der Waals surface area contributed by atoms with Crippen LogP contribution in [0.2, 0.25) is 0 Å². The van der Waals surface area contributed by atoms with E-state index in [0.717, 1.165) is 24.1 Å². The highest BCUT2D eigenvalue weighted by molar-refractivity contribution is 5.29. The molecule has 2 aromatic rings. The van der Waals surface area contributed by atoms with E-state index in [1.165, 1.54) is 12.1 Å². The van der Waals surface area contributed by atoms with E-state index in [2.05, 4.69) is 19.2 Å². The maximum absolute atomic E-state index is 13.1. The monoisotopic (exact) mass is 287 g/mol. The Morgan fingerprint density at radius 2 is 1.62 bits per heavy atom. The van der Waals surface area contributed by atoms with Gasteiger partial charge in [-0.05, 0) is 41.8 Å². The van der Waals surface area contributed by atoms with Crippen molar-refractivity contribution in [3.63, 3.8) is 0 Å². The predicted octanol–water partition coefficient (Wildman–Crippen LogP) is 3.86. The lowest BCUT2D eigenvalue weighted by Gasteiger charge is -2.20. The molecule has 0 saturated heterocycles. The number of benzene rings is 2. The molecule has 0 aliphatic carbocycles. The Hall–Kier alpha value is -1.87. The first kappa shape index (κ1) is 15.5. The molecule has 0 aromatic heterocycles. The molecule has 0 saturated carbocycles.